The summed E-state index contributed by atoms with van der Waals surface area (Å²) in [4.78, 5) is 0. The molecule has 0 atom stereocenters. The molecule has 0 saturated carbocycles. The lowest BCUT2D eigenvalue weighted by atomic mass is 10.0. The number of benzene rings is 10. The van der Waals surface area contributed by atoms with Crippen LogP contribution < -0.4 is 0 Å². The zero-order valence-corrected chi connectivity index (χ0v) is 36.1. The molecule has 0 bridgehead atoms. The number of nitriles is 2. The van der Waals surface area contributed by atoms with Crippen LogP contribution in [0.3, 0.4) is 0 Å². The van der Waals surface area contributed by atoms with Gasteiger partial charge in [0.2, 0.25) is 0 Å². The van der Waals surface area contributed by atoms with Crippen molar-refractivity contribution in [2.45, 2.75) is 0 Å². The molecule has 0 N–H and O–H groups in total. The van der Waals surface area contributed by atoms with E-state index in [-0.39, 0.29) is 0 Å². The minimum atomic E-state index is 0.393. The van der Waals surface area contributed by atoms with Gasteiger partial charge in [0.1, 0.15) is 12.1 Å². The Morgan fingerprint density at radius 2 is 0.522 bits per heavy atom. The molecule has 310 valence electrons. The Labute approximate surface area is 386 Å². The molecule has 0 aliphatic carbocycles. The van der Waals surface area contributed by atoms with Gasteiger partial charge in [-0.2, -0.15) is 10.5 Å². The van der Waals surface area contributed by atoms with E-state index in [0.717, 1.165) is 104 Å². The number of rotatable bonds is 6. The molecule has 0 fully saturated rings. The van der Waals surface area contributed by atoms with Crippen LogP contribution in [-0.4, -0.2) is 13.7 Å². The third-order valence-corrected chi connectivity index (χ3v) is 13.5. The van der Waals surface area contributed by atoms with E-state index in [2.05, 4.69) is 226 Å². The van der Waals surface area contributed by atoms with E-state index in [1.807, 2.05) is 18.2 Å². The number of hydrogen-bond donors (Lipinski definition) is 0. The summed E-state index contributed by atoms with van der Waals surface area (Å²) >= 11 is 0. The summed E-state index contributed by atoms with van der Waals surface area (Å²) in [6.45, 7) is 0. The topological polar surface area (TPSA) is 62.4 Å². The second-order valence-corrected chi connectivity index (χ2v) is 17.1. The highest BCUT2D eigenvalue weighted by atomic mass is 15.1. The fraction of sp³-hybridized carbons (Fsp3) is 0. The van der Waals surface area contributed by atoms with Crippen molar-refractivity contribution in [3.05, 3.63) is 236 Å². The summed E-state index contributed by atoms with van der Waals surface area (Å²) in [5.74, 6) is 0. The number of para-hydroxylation sites is 3. The van der Waals surface area contributed by atoms with E-state index in [1.54, 1.807) is 6.07 Å². The Bertz CT molecular complexity index is 4020. The molecule has 0 aliphatic heterocycles. The lowest BCUT2D eigenvalue weighted by Crippen LogP contribution is -2.13. The van der Waals surface area contributed by atoms with Gasteiger partial charge in [0.15, 0.2) is 0 Å². The molecule has 3 heterocycles. The minimum Gasteiger partial charge on any atom is -0.306 e. The predicted octanol–water partition coefficient (Wildman–Crippen LogP) is 15.7. The molecule has 0 spiro atoms. The van der Waals surface area contributed by atoms with Gasteiger partial charge < -0.3 is 13.7 Å². The highest BCUT2D eigenvalue weighted by Gasteiger charge is 2.30. The van der Waals surface area contributed by atoms with Crippen molar-refractivity contribution in [1.82, 2.24) is 13.7 Å². The molecule has 13 rings (SSSR count). The fourth-order valence-corrected chi connectivity index (χ4v) is 10.6. The molecule has 0 saturated heterocycles. The molecule has 0 aliphatic rings. The van der Waals surface area contributed by atoms with E-state index in [0.29, 0.717) is 22.5 Å². The van der Waals surface area contributed by atoms with Gasteiger partial charge in [-0.3, -0.25) is 0 Å². The normalized spacial score (nSPS) is 11.6. The Morgan fingerprint density at radius 3 is 0.851 bits per heavy atom. The molecule has 5 heteroatoms. The van der Waals surface area contributed by atoms with Crippen molar-refractivity contribution in [2.24, 2.45) is 0 Å². The highest BCUT2D eigenvalue weighted by Crippen LogP contribution is 2.46. The third-order valence-electron chi connectivity index (χ3n) is 13.5. The van der Waals surface area contributed by atoms with Crippen LogP contribution in [0.15, 0.2) is 224 Å². The van der Waals surface area contributed by atoms with Gasteiger partial charge in [-0.05, 0) is 94.0 Å². The van der Waals surface area contributed by atoms with E-state index < -0.39 is 0 Å². The molecular weight excluding hydrogens is 815 g/mol. The number of nitrogens with zero attached hydrogens (tertiary/aromatic N) is 5. The maximum atomic E-state index is 11.5. The molecular formula is C62H37N5. The van der Waals surface area contributed by atoms with Gasteiger partial charge in [-0.1, -0.05) is 164 Å². The lowest BCUT2D eigenvalue weighted by molar-refractivity contribution is 1.04. The van der Waals surface area contributed by atoms with Crippen LogP contribution in [0.1, 0.15) is 11.1 Å². The first-order valence-electron chi connectivity index (χ1n) is 22.5. The Hall–Kier alpha value is -9.42. The predicted molar refractivity (Wildman–Crippen MR) is 275 cm³/mol. The summed E-state index contributed by atoms with van der Waals surface area (Å²) in [6, 6.07) is 83.8. The van der Waals surface area contributed by atoms with Crippen LogP contribution in [-0.2, 0) is 0 Å². The van der Waals surface area contributed by atoms with E-state index in [4.69, 9.17) is 0 Å². The fourth-order valence-electron chi connectivity index (χ4n) is 10.6. The first-order chi connectivity index (χ1) is 33.2. The van der Waals surface area contributed by atoms with E-state index in [9.17, 15) is 10.5 Å². The van der Waals surface area contributed by atoms with Crippen molar-refractivity contribution in [1.29, 1.82) is 10.5 Å². The first kappa shape index (κ1) is 38.1. The van der Waals surface area contributed by atoms with Gasteiger partial charge in [-0.15, -0.1) is 0 Å². The zero-order valence-electron chi connectivity index (χ0n) is 36.1. The maximum Gasteiger partial charge on any atom is 0.101 e. The molecule has 0 radical (unpaired) electrons. The molecule has 0 unspecified atom stereocenters. The quantitative estimate of drug-likeness (QED) is 0.167. The number of aromatic nitrogens is 3. The van der Waals surface area contributed by atoms with Gasteiger partial charge >= 0.3 is 0 Å². The van der Waals surface area contributed by atoms with Crippen LogP contribution >= 0.6 is 0 Å². The monoisotopic (exact) mass is 851 g/mol. The second kappa shape index (κ2) is 15.1. The van der Waals surface area contributed by atoms with Crippen molar-refractivity contribution in [3.63, 3.8) is 0 Å². The van der Waals surface area contributed by atoms with Crippen LogP contribution in [0, 0.1) is 22.7 Å². The smallest absolute Gasteiger partial charge is 0.101 e. The number of hydrogen-bond acceptors (Lipinski definition) is 2. The summed E-state index contributed by atoms with van der Waals surface area (Å²) in [5.41, 5.74) is 15.3. The second-order valence-electron chi connectivity index (χ2n) is 17.1. The molecule has 0 amide bonds. The van der Waals surface area contributed by atoms with Crippen LogP contribution in [0.4, 0.5) is 0 Å². The summed E-state index contributed by atoms with van der Waals surface area (Å²) in [5, 5.41) is 29.4. The molecule has 3 aromatic heterocycles. The van der Waals surface area contributed by atoms with E-state index >= 15 is 0 Å². The molecule has 13 aromatic rings. The Balaban J connectivity index is 1.23. The number of fused-ring (bicyclic) bond motifs is 9. The van der Waals surface area contributed by atoms with Gasteiger partial charge in [0.05, 0.1) is 61.3 Å². The van der Waals surface area contributed by atoms with Crippen molar-refractivity contribution < 1.29 is 0 Å². The average Bonchev–Trinajstić information content (AvgIpc) is 4.03. The molecule has 67 heavy (non-hydrogen) atoms. The van der Waals surface area contributed by atoms with E-state index in [1.165, 1.54) is 0 Å². The zero-order chi connectivity index (χ0) is 44.6. The largest absolute Gasteiger partial charge is 0.306 e. The highest BCUT2D eigenvalue weighted by molar-refractivity contribution is 6.15. The average molecular weight is 852 g/mol. The maximum absolute atomic E-state index is 11.5. The van der Waals surface area contributed by atoms with Crippen LogP contribution in [0.25, 0.3) is 116 Å². The van der Waals surface area contributed by atoms with Gasteiger partial charge in [-0.25, -0.2) is 0 Å². The van der Waals surface area contributed by atoms with Gasteiger partial charge in [0.25, 0.3) is 0 Å². The van der Waals surface area contributed by atoms with Gasteiger partial charge in [0, 0.05) is 32.3 Å². The summed E-state index contributed by atoms with van der Waals surface area (Å²) in [6.07, 6.45) is 0. The standard InChI is InChI=1S/C62H37N5/c63-38-46-34-47(39-64)61(66-55-26-14-11-23-49(55)52-36-44(29-32-58(52)66)41-18-6-2-7-19-41)62(67-56-27-15-12-24-50(56)53-37-45(30-33-59(53)67)42-20-8-3-9-21-42)60(46)65-54-25-13-10-22-48(54)51-35-43(28-31-57(51)65)40-16-4-1-5-17-40/h1-37H. The Morgan fingerprint density at radius 1 is 0.239 bits per heavy atom. The van der Waals surface area contributed by atoms with Crippen molar-refractivity contribution in [2.75, 3.05) is 0 Å². The molecule has 10 aromatic carbocycles. The van der Waals surface area contributed by atoms with Crippen molar-refractivity contribution in [3.8, 4) is 62.6 Å². The Kier molecular flexibility index (Phi) is 8.58. The SMILES string of the molecule is N#Cc1cc(C#N)c(-n2c3ccccc3c3cc(-c4ccccc4)ccc32)c(-n2c3ccccc3c3cc(-c4ccccc4)ccc32)c1-n1c2ccccc2c2cc(-c3ccccc3)ccc21. The lowest BCUT2D eigenvalue weighted by Gasteiger charge is -2.24. The van der Waals surface area contributed by atoms with Crippen molar-refractivity contribution >= 4 is 65.4 Å². The summed E-state index contributed by atoms with van der Waals surface area (Å²) < 4.78 is 6.83. The third kappa shape index (κ3) is 5.79. The summed E-state index contributed by atoms with van der Waals surface area (Å²) in [7, 11) is 0. The minimum absolute atomic E-state index is 0.393. The first-order valence-corrected chi connectivity index (χ1v) is 22.5. The van der Waals surface area contributed by atoms with Crippen LogP contribution in [0.5, 0.6) is 0 Å². The molecule has 5 nitrogen and oxygen atoms in total. The van der Waals surface area contributed by atoms with Crippen LogP contribution in [0.2, 0.25) is 0 Å².